The Hall–Kier alpha value is -0.500. The maximum absolute atomic E-state index is 5.72. The van der Waals surface area contributed by atoms with Gasteiger partial charge in [-0.1, -0.05) is 34.2 Å². The summed E-state index contributed by atoms with van der Waals surface area (Å²) in [5, 5.41) is 0.827. The number of hydrogen-bond donors (Lipinski definition) is 0. The van der Waals surface area contributed by atoms with Crippen molar-refractivity contribution in [1.29, 1.82) is 0 Å². The summed E-state index contributed by atoms with van der Waals surface area (Å²) >= 11 is 3.42. The summed E-state index contributed by atoms with van der Waals surface area (Å²) in [5.41, 5.74) is 1.36. The molecule has 0 aromatic carbocycles. The van der Waals surface area contributed by atoms with E-state index in [4.69, 9.17) is 4.74 Å². The molecule has 1 nitrogen and oxygen atoms in total. The van der Waals surface area contributed by atoms with Crippen LogP contribution in [-0.4, -0.2) is 11.4 Å². The molecule has 0 spiro atoms. The number of hydrogen-bond acceptors (Lipinski definition) is 1. The van der Waals surface area contributed by atoms with Gasteiger partial charge in [-0.3, -0.25) is 0 Å². The van der Waals surface area contributed by atoms with E-state index in [0.29, 0.717) is 5.92 Å². The Balaban J connectivity index is 2.27. The van der Waals surface area contributed by atoms with Crippen molar-refractivity contribution in [3.05, 3.63) is 35.6 Å². The third kappa shape index (κ3) is 1.14. The Labute approximate surface area is 80.9 Å². The van der Waals surface area contributed by atoms with Gasteiger partial charge in [0.2, 0.25) is 0 Å². The van der Waals surface area contributed by atoms with E-state index in [1.807, 2.05) is 6.08 Å². The minimum Gasteiger partial charge on any atom is -0.489 e. The highest BCUT2D eigenvalue weighted by atomic mass is 79.9. The van der Waals surface area contributed by atoms with Gasteiger partial charge in [-0.05, 0) is 18.6 Å². The molecule has 0 N–H and O–H groups in total. The summed E-state index contributed by atoms with van der Waals surface area (Å²) in [6.45, 7) is 2.14. The molecular formula is C10H11BrO. The number of allylic oxidation sites excluding steroid dienone is 3. The van der Waals surface area contributed by atoms with Crippen LogP contribution in [0.5, 0.6) is 0 Å². The molecule has 1 aliphatic carbocycles. The molecule has 2 heteroatoms. The van der Waals surface area contributed by atoms with Crippen LogP contribution >= 0.6 is 15.9 Å². The van der Waals surface area contributed by atoms with Crippen molar-refractivity contribution in [3.8, 4) is 0 Å². The smallest absolute Gasteiger partial charge is 0.127 e. The Morgan fingerprint density at radius 1 is 1.42 bits per heavy atom. The van der Waals surface area contributed by atoms with Crippen LogP contribution in [0.4, 0.5) is 0 Å². The number of ether oxygens (including phenoxy) is 1. The van der Waals surface area contributed by atoms with Crippen molar-refractivity contribution in [2.45, 2.75) is 13.0 Å². The molecule has 0 aromatic heterocycles. The Kier molecular flexibility index (Phi) is 2.09. The van der Waals surface area contributed by atoms with E-state index in [2.05, 4.69) is 41.1 Å². The zero-order valence-corrected chi connectivity index (χ0v) is 8.54. The van der Waals surface area contributed by atoms with Crippen molar-refractivity contribution < 1.29 is 4.74 Å². The molecular weight excluding hydrogens is 216 g/mol. The fourth-order valence-electron chi connectivity index (χ4n) is 1.67. The van der Waals surface area contributed by atoms with Crippen molar-refractivity contribution in [2.24, 2.45) is 5.92 Å². The van der Waals surface area contributed by atoms with Crippen LogP contribution in [0.3, 0.4) is 0 Å². The molecule has 2 aliphatic rings. The Morgan fingerprint density at radius 2 is 2.17 bits per heavy atom. The second-order valence-electron chi connectivity index (χ2n) is 3.12. The zero-order valence-electron chi connectivity index (χ0n) is 6.96. The average molecular weight is 227 g/mol. The van der Waals surface area contributed by atoms with Crippen molar-refractivity contribution >= 4 is 15.9 Å². The van der Waals surface area contributed by atoms with Crippen LogP contribution < -0.4 is 0 Å². The first-order valence-electron chi connectivity index (χ1n) is 4.10. The van der Waals surface area contributed by atoms with E-state index in [1.165, 1.54) is 5.57 Å². The molecule has 2 rings (SSSR count). The maximum atomic E-state index is 5.72. The SMILES string of the molecule is CC1=C(CBr)OC2C=CC=CC12. The van der Waals surface area contributed by atoms with Crippen LogP contribution in [-0.2, 0) is 4.74 Å². The third-order valence-electron chi connectivity index (χ3n) is 2.42. The number of fused-ring (bicyclic) bond motifs is 1. The number of alkyl halides is 1. The van der Waals surface area contributed by atoms with Crippen molar-refractivity contribution in [3.63, 3.8) is 0 Å². The molecule has 0 aromatic rings. The Bertz CT molecular complexity index is 276. The van der Waals surface area contributed by atoms with Crippen LogP contribution in [0, 0.1) is 5.92 Å². The second-order valence-corrected chi connectivity index (χ2v) is 3.68. The van der Waals surface area contributed by atoms with Gasteiger partial charge in [0.15, 0.2) is 0 Å². The first-order chi connectivity index (χ1) is 5.83. The van der Waals surface area contributed by atoms with Gasteiger partial charge in [-0.15, -0.1) is 0 Å². The van der Waals surface area contributed by atoms with E-state index in [-0.39, 0.29) is 6.10 Å². The number of halogens is 1. The van der Waals surface area contributed by atoms with Crippen LogP contribution in [0.1, 0.15) is 6.92 Å². The summed E-state index contributed by atoms with van der Waals surface area (Å²) in [5.74, 6) is 1.57. The quantitative estimate of drug-likeness (QED) is 0.626. The first-order valence-corrected chi connectivity index (χ1v) is 5.22. The van der Waals surface area contributed by atoms with E-state index >= 15 is 0 Å². The van der Waals surface area contributed by atoms with Gasteiger partial charge in [-0.25, -0.2) is 0 Å². The molecule has 2 atom stereocenters. The third-order valence-corrected chi connectivity index (χ3v) is 2.93. The van der Waals surface area contributed by atoms with E-state index < -0.39 is 0 Å². The van der Waals surface area contributed by atoms with Crippen LogP contribution in [0.2, 0.25) is 0 Å². The zero-order chi connectivity index (χ0) is 8.55. The lowest BCUT2D eigenvalue weighted by molar-refractivity contribution is 0.167. The lowest BCUT2D eigenvalue weighted by Gasteiger charge is -2.15. The topological polar surface area (TPSA) is 9.23 Å². The second kappa shape index (κ2) is 3.09. The molecule has 64 valence electrons. The summed E-state index contributed by atoms with van der Waals surface area (Å²) < 4.78 is 5.72. The summed E-state index contributed by atoms with van der Waals surface area (Å²) in [6, 6.07) is 0. The van der Waals surface area contributed by atoms with Gasteiger partial charge in [0.05, 0.1) is 5.33 Å². The Morgan fingerprint density at radius 3 is 2.83 bits per heavy atom. The van der Waals surface area contributed by atoms with Crippen LogP contribution in [0.15, 0.2) is 35.6 Å². The van der Waals surface area contributed by atoms with Gasteiger partial charge in [-0.2, -0.15) is 0 Å². The highest BCUT2D eigenvalue weighted by Gasteiger charge is 2.30. The highest BCUT2D eigenvalue weighted by molar-refractivity contribution is 9.09. The minimum absolute atomic E-state index is 0.252. The predicted molar refractivity (Wildman–Crippen MR) is 53.1 cm³/mol. The van der Waals surface area contributed by atoms with E-state index in [1.54, 1.807) is 0 Å². The van der Waals surface area contributed by atoms with E-state index in [0.717, 1.165) is 11.1 Å². The van der Waals surface area contributed by atoms with E-state index in [9.17, 15) is 0 Å². The van der Waals surface area contributed by atoms with Crippen LogP contribution in [0.25, 0.3) is 0 Å². The van der Waals surface area contributed by atoms with Gasteiger partial charge >= 0.3 is 0 Å². The summed E-state index contributed by atoms with van der Waals surface area (Å²) in [7, 11) is 0. The molecule has 0 radical (unpaired) electrons. The molecule has 1 heterocycles. The maximum Gasteiger partial charge on any atom is 0.127 e. The lowest BCUT2D eigenvalue weighted by Crippen LogP contribution is -2.15. The van der Waals surface area contributed by atoms with Gasteiger partial charge in [0, 0.05) is 5.92 Å². The minimum atomic E-state index is 0.252. The van der Waals surface area contributed by atoms with Crippen molar-refractivity contribution in [2.75, 3.05) is 5.33 Å². The predicted octanol–water partition coefficient (Wildman–Crippen LogP) is 2.80. The molecule has 0 fully saturated rings. The largest absolute Gasteiger partial charge is 0.489 e. The molecule has 1 aliphatic heterocycles. The summed E-state index contributed by atoms with van der Waals surface area (Å²) in [4.78, 5) is 0. The highest BCUT2D eigenvalue weighted by Crippen LogP contribution is 2.34. The normalized spacial score (nSPS) is 32.2. The molecule has 0 amide bonds. The lowest BCUT2D eigenvalue weighted by atomic mass is 9.93. The van der Waals surface area contributed by atoms with Gasteiger partial charge in [0.1, 0.15) is 11.9 Å². The van der Waals surface area contributed by atoms with Crippen molar-refractivity contribution in [1.82, 2.24) is 0 Å². The first kappa shape index (κ1) is 8.11. The molecule has 2 unspecified atom stereocenters. The number of rotatable bonds is 1. The van der Waals surface area contributed by atoms with Gasteiger partial charge in [0.25, 0.3) is 0 Å². The van der Waals surface area contributed by atoms with Gasteiger partial charge < -0.3 is 4.74 Å². The molecule has 0 saturated carbocycles. The average Bonchev–Trinajstić information content (AvgIpc) is 2.44. The molecule has 0 saturated heterocycles. The summed E-state index contributed by atoms with van der Waals surface area (Å²) in [6.07, 6.45) is 8.71. The molecule has 12 heavy (non-hydrogen) atoms. The standard InChI is InChI=1S/C10H11BrO/c1-7-8-4-2-3-5-9(8)12-10(7)6-11/h2-5,8-9H,6H2,1H3. The molecule has 0 bridgehead atoms. The fraction of sp³-hybridized carbons (Fsp3) is 0.400. The fourth-order valence-corrected chi connectivity index (χ4v) is 2.24. The monoisotopic (exact) mass is 226 g/mol.